The molecule has 0 heterocycles. The summed E-state index contributed by atoms with van der Waals surface area (Å²) < 4.78 is 5.34. The molecule has 0 unspecified atom stereocenters. The van der Waals surface area contributed by atoms with Crippen LogP contribution in [-0.2, 0) is 14.3 Å². The monoisotopic (exact) mass is 382 g/mol. The van der Waals surface area contributed by atoms with Crippen LogP contribution in [0, 0.1) is 17.8 Å². The molecule has 4 nitrogen and oxygen atoms in total. The van der Waals surface area contributed by atoms with Gasteiger partial charge in [0.2, 0.25) is 0 Å². The first kappa shape index (κ1) is 19.4. The topological polar surface area (TPSA) is 60.4 Å². The highest BCUT2D eigenvalue weighted by Gasteiger charge is 2.41. The second kappa shape index (κ2) is 8.59. The SMILES string of the molecule is O=C(COC(=O)C1C[C@H]2CCC[C@H](C1)C2=O)c1ccc(C2CCCCC2)cc1. The summed E-state index contributed by atoms with van der Waals surface area (Å²) >= 11 is 0. The molecule has 0 aromatic heterocycles. The molecule has 3 aliphatic rings. The minimum Gasteiger partial charge on any atom is -0.457 e. The highest BCUT2D eigenvalue weighted by Crippen LogP contribution is 2.40. The molecule has 1 aromatic carbocycles. The molecular formula is C24H30O4. The number of carbonyl (C=O) groups is 3. The van der Waals surface area contributed by atoms with Crippen LogP contribution in [0.5, 0.6) is 0 Å². The number of hydrogen-bond donors (Lipinski definition) is 0. The Kier molecular flexibility index (Phi) is 5.93. The van der Waals surface area contributed by atoms with Gasteiger partial charge in [0.15, 0.2) is 12.4 Å². The number of benzene rings is 1. The van der Waals surface area contributed by atoms with E-state index in [9.17, 15) is 14.4 Å². The fraction of sp³-hybridized carbons (Fsp3) is 0.625. The summed E-state index contributed by atoms with van der Waals surface area (Å²) in [5.41, 5.74) is 1.91. The van der Waals surface area contributed by atoms with E-state index >= 15 is 0 Å². The van der Waals surface area contributed by atoms with Crippen LogP contribution >= 0.6 is 0 Å². The predicted octanol–water partition coefficient (Wildman–Crippen LogP) is 4.86. The summed E-state index contributed by atoms with van der Waals surface area (Å²) in [6, 6.07) is 7.84. The number of carbonyl (C=O) groups excluding carboxylic acids is 3. The number of hydrogen-bond acceptors (Lipinski definition) is 4. The van der Waals surface area contributed by atoms with Crippen molar-refractivity contribution in [3.8, 4) is 0 Å². The van der Waals surface area contributed by atoms with Gasteiger partial charge in [0, 0.05) is 17.4 Å². The van der Waals surface area contributed by atoms with Gasteiger partial charge in [0.25, 0.3) is 0 Å². The Balaban J connectivity index is 1.29. The van der Waals surface area contributed by atoms with Crippen molar-refractivity contribution in [2.45, 2.75) is 70.1 Å². The van der Waals surface area contributed by atoms with Crippen molar-refractivity contribution in [2.75, 3.05) is 6.61 Å². The molecular weight excluding hydrogens is 352 g/mol. The van der Waals surface area contributed by atoms with Crippen molar-refractivity contribution in [1.29, 1.82) is 0 Å². The Morgan fingerprint density at radius 2 is 1.43 bits per heavy atom. The number of fused-ring (bicyclic) bond motifs is 2. The normalized spacial score (nSPS) is 28.0. The number of Topliss-reactive ketones (excluding diaryl/α,β-unsaturated/α-hetero) is 2. The third-order valence-electron chi connectivity index (χ3n) is 7.04. The fourth-order valence-corrected chi connectivity index (χ4v) is 5.39. The first-order chi connectivity index (χ1) is 13.6. The molecule has 2 bridgehead atoms. The molecule has 3 fully saturated rings. The molecule has 150 valence electrons. The van der Waals surface area contributed by atoms with Gasteiger partial charge in [-0.25, -0.2) is 0 Å². The van der Waals surface area contributed by atoms with Gasteiger partial charge in [0.1, 0.15) is 5.78 Å². The molecule has 0 amide bonds. The molecule has 1 aromatic rings. The standard InChI is InChI=1S/C24H30O4/c25-22(18-11-9-17(10-12-18)16-5-2-1-3-6-16)15-28-24(27)21-13-19-7-4-8-20(14-21)23(19)26/h9-12,16,19-21H,1-8,13-15H2/t19-,20-/m1/s1. The zero-order chi connectivity index (χ0) is 19.5. The van der Waals surface area contributed by atoms with Gasteiger partial charge in [-0.3, -0.25) is 14.4 Å². The fourth-order valence-electron chi connectivity index (χ4n) is 5.39. The minimum atomic E-state index is -0.309. The average Bonchev–Trinajstić information content (AvgIpc) is 2.72. The Morgan fingerprint density at radius 1 is 0.821 bits per heavy atom. The van der Waals surface area contributed by atoms with Crippen LogP contribution in [-0.4, -0.2) is 24.1 Å². The molecule has 3 aliphatic carbocycles. The van der Waals surface area contributed by atoms with Crippen LogP contribution in [0.1, 0.15) is 86.0 Å². The quantitative estimate of drug-likeness (QED) is 0.539. The van der Waals surface area contributed by atoms with Crippen LogP contribution in [0.3, 0.4) is 0 Å². The zero-order valence-electron chi connectivity index (χ0n) is 16.5. The number of esters is 1. The van der Waals surface area contributed by atoms with Gasteiger partial charge in [-0.05, 0) is 50.0 Å². The van der Waals surface area contributed by atoms with Crippen molar-refractivity contribution >= 4 is 17.5 Å². The lowest BCUT2D eigenvalue weighted by atomic mass is 9.67. The lowest BCUT2D eigenvalue weighted by Crippen LogP contribution is -2.39. The lowest BCUT2D eigenvalue weighted by molar-refractivity contribution is -0.152. The zero-order valence-corrected chi connectivity index (χ0v) is 16.5. The maximum absolute atomic E-state index is 12.4. The van der Waals surface area contributed by atoms with E-state index in [4.69, 9.17) is 4.74 Å². The molecule has 4 heteroatoms. The largest absolute Gasteiger partial charge is 0.457 e. The van der Waals surface area contributed by atoms with Crippen molar-refractivity contribution in [3.63, 3.8) is 0 Å². The van der Waals surface area contributed by atoms with E-state index in [2.05, 4.69) is 12.1 Å². The third kappa shape index (κ3) is 4.21. The molecule has 0 aliphatic heterocycles. The highest BCUT2D eigenvalue weighted by molar-refractivity contribution is 5.98. The highest BCUT2D eigenvalue weighted by atomic mass is 16.5. The lowest BCUT2D eigenvalue weighted by Gasteiger charge is -2.36. The van der Waals surface area contributed by atoms with Gasteiger partial charge in [0.05, 0.1) is 5.92 Å². The Hall–Kier alpha value is -1.97. The van der Waals surface area contributed by atoms with E-state index in [1.165, 1.54) is 37.7 Å². The second-order valence-corrected chi connectivity index (χ2v) is 8.88. The molecule has 3 saturated carbocycles. The van der Waals surface area contributed by atoms with E-state index in [1.807, 2.05) is 12.1 Å². The van der Waals surface area contributed by atoms with Gasteiger partial charge >= 0.3 is 5.97 Å². The Morgan fingerprint density at radius 3 is 2.07 bits per heavy atom. The summed E-state index contributed by atoms with van der Waals surface area (Å²) in [5.74, 6) is 0.302. The van der Waals surface area contributed by atoms with Gasteiger partial charge in [-0.2, -0.15) is 0 Å². The summed E-state index contributed by atoms with van der Waals surface area (Å²) in [6.07, 6.45) is 10.4. The number of rotatable bonds is 5. The number of ether oxygens (including phenoxy) is 1. The average molecular weight is 383 g/mol. The number of ketones is 2. The van der Waals surface area contributed by atoms with Crippen LogP contribution in [0.25, 0.3) is 0 Å². The summed E-state index contributed by atoms with van der Waals surface area (Å²) in [6.45, 7) is -0.207. The Labute approximate surface area is 167 Å². The smallest absolute Gasteiger partial charge is 0.309 e. The van der Waals surface area contributed by atoms with Crippen molar-refractivity contribution in [1.82, 2.24) is 0 Å². The minimum absolute atomic E-state index is 0.0214. The van der Waals surface area contributed by atoms with Crippen LogP contribution in [0.2, 0.25) is 0 Å². The molecule has 0 saturated heterocycles. The summed E-state index contributed by atoms with van der Waals surface area (Å²) in [4.78, 5) is 37.0. The van der Waals surface area contributed by atoms with E-state index in [1.54, 1.807) is 0 Å². The molecule has 0 radical (unpaired) electrons. The van der Waals surface area contributed by atoms with E-state index in [0.717, 1.165) is 19.3 Å². The van der Waals surface area contributed by atoms with E-state index < -0.39 is 0 Å². The van der Waals surface area contributed by atoms with E-state index in [-0.39, 0.29) is 36.1 Å². The molecule has 0 N–H and O–H groups in total. The van der Waals surface area contributed by atoms with Gasteiger partial charge in [-0.15, -0.1) is 0 Å². The maximum atomic E-state index is 12.4. The van der Waals surface area contributed by atoms with E-state index in [0.29, 0.717) is 30.1 Å². The van der Waals surface area contributed by atoms with Gasteiger partial charge in [-0.1, -0.05) is 49.9 Å². The molecule has 4 rings (SSSR count). The van der Waals surface area contributed by atoms with Gasteiger partial charge < -0.3 is 4.74 Å². The molecule has 0 spiro atoms. The molecule has 28 heavy (non-hydrogen) atoms. The molecule has 2 atom stereocenters. The van der Waals surface area contributed by atoms with Crippen molar-refractivity contribution < 1.29 is 19.1 Å². The Bertz CT molecular complexity index is 713. The summed E-state index contributed by atoms with van der Waals surface area (Å²) in [5, 5.41) is 0. The first-order valence-electron chi connectivity index (χ1n) is 11.0. The first-order valence-corrected chi connectivity index (χ1v) is 11.0. The van der Waals surface area contributed by atoms with Crippen molar-refractivity contribution in [3.05, 3.63) is 35.4 Å². The van der Waals surface area contributed by atoms with Crippen LogP contribution in [0.4, 0.5) is 0 Å². The predicted molar refractivity (Wildman–Crippen MR) is 106 cm³/mol. The second-order valence-electron chi connectivity index (χ2n) is 8.88. The van der Waals surface area contributed by atoms with Crippen LogP contribution in [0.15, 0.2) is 24.3 Å². The maximum Gasteiger partial charge on any atom is 0.309 e. The summed E-state index contributed by atoms with van der Waals surface area (Å²) in [7, 11) is 0. The van der Waals surface area contributed by atoms with Crippen LogP contribution < -0.4 is 0 Å². The third-order valence-corrected chi connectivity index (χ3v) is 7.04. The van der Waals surface area contributed by atoms with Crippen molar-refractivity contribution in [2.24, 2.45) is 17.8 Å².